The van der Waals surface area contributed by atoms with E-state index in [1.807, 2.05) is 30.5 Å². The van der Waals surface area contributed by atoms with E-state index in [0.29, 0.717) is 4.91 Å². The van der Waals surface area contributed by atoms with Crippen LogP contribution in [-0.4, -0.2) is 63.7 Å². The Labute approximate surface area is 196 Å². The number of imide groups is 1. The molecule has 168 valence electrons. The number of hydrogen-bond donors (Lipinski definition) is 1. The number of aromatic nitrogens is 3. The van der Waals surface area contributed by atoms with Crippen LogP contribution in [0, 0.1) is 0 Å². The fourth-order valence-corrected chi connectivity index (χ4v) is 4.88. The van der Waals surface area contributed by atoms with Crippen LogP contribution in [0.3, 0.4) is 0 Å². The van der Waals surface area contributed by atoms with Gasteiger partial charge in [0.2, 0.25) is 0 Å². The van der Waals surface area contributed by atoms with Crippen LogP contribution in [0.4, 0.5) is 10.6 Å². The SMILES string of the molecule is CCCN1CCN(c2ccc(-c3ncnc4ccc(/C=C5\SC(=O)NC5=O)cc34)cn2)CC1. The number of nitrogens with zero attached hydrogens (tertiary/aromatic N) is 5. The first-order valence-corrected chi connectivity index (χ1v) is 11.9. The topological polar surface area (TPSA) is 91.3 Å². The van der Waals surface area contributed by atoms with E-state index >= 15 is 0 Å². The Bertz CT molecular complexity index is 1240. The van der Waals surface area contributed by atoms with Crippen molar-refractivity contribution >= 4 is 45.7 Å². The van der Waals surface area contributed by atoms with Crippen molar-refractivity contribution in [3.8, 4) is 11.3 Å². The smallest absolute Gasteiger partial charge is 0.290 e. The van der Waals surface area contributed by atoms with Gasteiger partial charge in [-0.2, -0.15) is 0 Å². The van der Waals surface area contributed by atoms with Gasteiger partial charge < -0.3 is 4.90 Å². The zero-order valence-electron chi connectivity index (χ0n) is 18.3. The number of thioether (sulfide) groups is 1. The number of fused-ring (bicyclic) bond motifs is 1. The van der Waals surface area contributed by atoms with Crippen molar-refractivity contribution in [1.29, 1.82) is 0 Å². The van der Waals surface area contributed by atoms with Crippen molar-refractivity contribution in [2.75, 3.05) is 37.6 Å². The summed E-state index contributed by atoms with van der Waals surface area (Å²) in [5.74, 6) is 0.609. The van der Waals surface area contributed by atoms with Crippen molar-refractivity contribution in [2.24, 2.45) is 0 Å². The summed E-state index contributed by atoms with van der Waals surface area (Å²) in [5, 5.41) is 2.79. The first kappa shape index (κ1) is 21.5. The Balaban J connectivity index is 1.41. The van der Waals surface area contributed by atoms with Gasteiger partial charge in [0.1, 0.15) is 12.1 Å². The molecule has 1 N–H and O–H groups in total. The number of nitrogens with one attached hydrogen (secondary N) is 1. The molecule has 0 spiro atoms. The maximum absolute atomic E-state index is 11.9. The molecule has 0 aliphatic carbocycles. The number of rotatable bonds is 5. The van der Waals surface area contributed by atoms with Crippen LogP contribution >= 0.6 is 11.8 Å². The van der Waals surface area contributed by atoms with Gasteiger partial charge >= 0.3 is 0 Å². The van der Waals surface area contributed by atoms with Gasteiger partial charge in [0, 0.05) is 43.3 Å². The van der Waals surface area contributed by atoms with Crippen LogP contribution in [0.2, 0.25) is 0 Å². The number of amides is 2. The van der Waals surface area contributed by atoms with E-state index in [2.05, 4.69) is 38.1 Å². The Hall–Kier alpha value is -3.30. The first-order chi connectivity index (χ1) is 16.1. The number of carbonyl (C=O) groups is 2. The van der Waals surface area contributed by atoms with Gasteiger partial charge in [-0.3, -0.25) is 19.8 Å². The van der Waals surface area contributed by atoms with Gasteiger partial charge in [0.05, 0.1) is 16.1 Å². The maximum atomic E-state index is 11.9. The van der Waals surface area contributed by atoms with Crippen LogP contribution in [-0.2, 0) is 4.79 Å². The number of anilines is 1. The molecule has 0 radical (unpaired) electrons. The number of pyridine rings is 1. The summed E-state index contributed by atoms with van der Waals surface area (Å²) < 4.78 is 0. The van der Waals surface area contributed by atoms with Crippen LogP contribution in [0.25, 0.3) is 28.2 Å². The predicted molar refractivity (Wildman–Crippen MR) is 131 cm³/mol. The molecule has 9 heteroatoms. The molecule has 5 rings (SSSR count). The molecule has 0 saturated carbocycles. The molecule has 2 saturated heterocycles. The number of piperazine rings is 1. The van der Waals surface area contributed by atoms with Crippen molar-refractivity contribution in [3.63, 3.8) is 0 Å². The molecule has 2 aliphatic rings. The van der Waals surface area contributed by atoms with E-state index in [9.17, 15) is 9.59 Å². The first-order valence-electron chi connectivity index (χ1n) is 11.0. The van der Waals surface area contributed by atoms with E-state index < -0.39 is 0 Å². The molecule has 3 aromatic rings. The normalized spacial score (nSPS) is 18.3. The van der Waals surface area contributed by atoms with Crippen molar-refractivity contribution < 1.29 is 9.59 Å². The van der Waals surface area contributed by atoms with Gasteiger partial charge in [-0.25, -0.2) is 15.0 Å². The summed E-state index contributed by atoms with van der Waals surface area (Å²) in [6.45, 7) is 7.46. The summed E-state index contributed by atoms with van der Waals surface area (Å²) in [7, 11) is 0. The molecule has 2 aromatic heterocycles. The average molecular weight is 461 g/mol. The third-order valence-corrected chi connectivity index (χ3v) is 6.67. The third kappa shape index (κ3) is 4.60. The van der Waals surface area contributed by atoms with Gasteiger partial charge in [-0.05, 0) is 60.6 Å². The molecule has 0 bridgehead atoms. The summed E-state index contributed by atoms with van der Waals surface area (Å²) in [6, 6.07) is 9.81. The van der Waals surface area contributed by atoms with E-state index in [-0.39, 0.29) is 11.1 Å². The maximum Gasteiger partial charge on any atom is 0.290 e. The summed E-state index contributed by atoms with van der Waals surface area (Å²) in [4.78, 5) is 42.2. The third-order valence-electron chi connectivity index (χ3n) is 5.86. The van der Waals surface area contributed by atoms with Crippen molar-refractivity contribution in [2.45, 2.75) is 13.3 Å². The van der Waals surface area contributed by atoms with Crippen LogP contribution < -0.4 is 10.2 Å². The Kier molecular flexibility index (Phi) is 6.06. The van der Waals surface area contributed by atoms with Crippen LogP contribution in [0.15, 0.2) is 47.8 Å². The fraction of sp³-hybridized carbons (Fsp3) is 0.292. The molecule has 2 fully saturated rings. The highest BCUT2D eigenvalue weighted by Gasteiger charge is 2.25. The Morgan fingerprint density at radius 1 is 1.06 bits per heavy atom. The largest absolute Gasteiger partial charge is 0.354 e. The average Bonchev–Trinajstić information content (AvgIpc) is 3.16. The van der Waals surface area contributed by atoms with Gasteiger partial charge in [-0.15, -0.1) is 0 Å². The zero-order valence-corrected chi connectivity index (χ0v) is 19.1. The highest BCUT2D eigenvalue weighted by Crippen LogP contribution is 2.30. The van der Waals surface area contributed by atoms with E-state index in [4.69, 9.17) is 4.98 Å². The molecule has 0 unspecified atom stereocenters. The summed E-state index contributed by atoms with van der Waals surface area (Å²) >= 11 is 0.905. The van der Waals surface area contributed by atoms with Crippen LogP contribution in [0.5, 0.6) is 0 Å². The lowest BCUT2D eigenvalue weighted by Gasteiger charge is -2.35. The second-order valence-electron chi connectivity index (χ2n) is 8.08. The lowest BCUT2D eigenvalue weighted by Crippen LogP contribution is -2.46. The van der Waals surface area contributed by atoms with E-state index in [1.165, 1.54) is 6.42 Å². The number of hydrogen-bond acceptors (Lipinski definition) is 8. The fourth-order valence-electron chi connectivity index (χ4n) is 4.20. The van der Waals surface area contributed by atoms with E-state index in [0.717, 1.165) is 78.0 Å². The quantitative estimate of drug-likeness (QED) is 0.578. The molecular weight excluding hydrogens is 436 g/mol. The Morgan fingerprint density at radius 3 is 2.61 bits per heavy atom. The molecule has 0 atom stereocenters. The molecule has 8 nitrogen and oxygen atoms in total. The predicted octanol–water partition coefficient (Wildman–Crippen LogP) is 3.55. The Morgan fingerprint density at radius 2 is 1.91 bits per heavy atom. The highest BCUT2D eigenvalue weighted by atomic mass is 32.2. The van der Waals surface area contributed by atoms with Gasteiger partial charge in [0.25, 0.3) is 11.1 Å². The van der Waals surface area contributed by atoms with Gasteiger partial charge in [0.15, 0.2) is 0 Å². The minimum atomic E-state index is -0.370. The number of carbonyl (C=O) groups excluding carboxylic acids is 2. The number of benzene rings is 1. The highest BCUT2D eigenvalue weighted by molar-refractivity contribution is 8.18. The summed E-state index contributed by atoms with van der Waals surface area (Å²) in [6.07, 6.45) is 6.30. The standard InChI is InChI=1S/C24H24N6O2S/c1-2-7-29-8-10-30(11-9-29)21-6-4-17(14-25-21)22-18-12-16(3-5-19(18)26-15-27-22)13-20-23(31)28-24(32)33-20/h3-6,12-15H,2,7-11H2,1H3,(H,28,31,32)/b20-13-. The van der Waals surface area contributed by atoms with E-state index in [1.54, 1.807) is 12.4 Å². The monoisotopic (exact) mass is 460 g/mol. The lowest BCUT2D eigenvalue weighted by atomic mass is 10.1. The van der Waals surface area contributed by atoms with Gasteiger partial charge in [-0.1, -0.05) is 13.0 Å². The van der Waals surface area contributed by atoms with Crippen LogP contribution in [0.1, 0.15) is 18.9 Å². The van der Waals surface area contributed by atoms with Crippen molar-refractivity contribution in [3.05, 3.63) is 53.3 Å². The second-order valence-corrected chi connectivity index (χ2v) is 9.10. The molecule has 4 heterocycles. The van der Waals surface area contributed by atoms with Crippen molar-refractivity contribution in [1.82, 2.24) is 25.2 Å². The molecule has 2 aliphatic heterocycles. The molecule has 2 amide bonds. The second kappa shape index (κ2) is 9.29. The minimum Gasteiger partial charge on any atom is -0.354 e. The summed E-state index contributed by atoms with van der Waals surface area (Å²) in [5.41, 5.74) is 3.30. The minimum absolute atomic E-state index is 0.353. The molecular formula is C24H24N6O2S. The zero-order chi connectivity index (χ0) is 22.8. The lowest BCUT2D eigenvalue weighted by molar-refractivity contribution is -0.115. The molecule has 33 heavy (non-hydrogen) atoms. The molecule has 1 aromatic carbocycles.